The zero-order chi connectivity index (χ0) is 12.6. The molecule has 2 aliphatic heterocycles. The van der Waals surface area contributed by atoms with E-state index in [0.29, 0.717) is 0 Å². The van der Waals surface area contributed by atoms with Crippen molar-refractivity contribution in [2.45, 2.75) is 64.2 Å². The standard InChI is InChI=1S/C15H29N3/c16-15(17-11-7-3-1-4-8-12-17)18-13-9-5-2-6-10-14-18/h16H,1-14H2. The van der Waals surface area contributed by atoms with Gasteiger partial charge in [0.1, 0.15) is 0 Å². The van der Waals surface area contributed by atoms with Crippen molar-refractivity contribution >= 4 is 5.96 Å². The Hall–Kier alpha value is -0.730. The number of guanidine groups is 1. The molecule has 0 aromatic heterocycles. The van der Waals surface area contributed by atoms with Crippen LogP contribution in [0.15, 0.2) is 0 Å². The zero-order valence-electron chi connectivity index (χ0n) is 11.8. The van der Waals surface area contributed by atoms with Gasteiger partial charge in [-0.2, -0.15) is 0 Å². The second-order valence-electron chi connectivity index (χ2n) is 5.83. The van der Waals surface area contributed by atoms with Gasteiger partial charge >= 0.3 is 0 Å². The highest BCUT2D eigenvalue weighted by atomic mass is 15.4. The van der Waals surface area contributed by atoms with Gasteiger partial charge in [-0.25, -0.2) is 0 Å². The lowest BCUT2D eigenvalue weighted by atomic mass is 10.1. The molecule has 0 atom stereocenters. The SMILES string of the molecule is N=C(N1CCCCCCC1)N1CCCCCCC1. The van der Waals surface area contributed by atoms with Crippen LogP contribution >= 0.6 is 0 Å². The topological polar surface area (TPSA) is 30.3 Å². The summed E-state index contributed by atoms with van der Waals surface area (Å²) >= 11 is 0. The molecule has 0 unspecified atom stereocenters. The van der Waals surface area contributed by atoms with Crippen LogP contribution in [0.2, 0.25) is 0 Å². The number of nitrogens with one attached hydrogen (secondary N) is 1. The lowest BCUT2D eigenvalue weighted by Gasteiger charge is -2.35. The molecular weight excluding hydrogens is 222 g/mol. The molecule has 2 heterocycles. The molecule has 3 heteroatoms. The van der Waals surface area contributed by atoms with E-state index in [2.05, 4.69) is 9.80 Å². The average molecular weight is 251 g/mol. The molecular formula is C15H29N3. The minimum atomic E-state index is 0.818. The maximum Gasteiger partial charge on any atom is 0.193 e. The fraction of sp³-hybridized carbons (Fsp3) is 0.933. The van der Waals surface area contributed by atoms with Gasteiger partial charge < -0.3 is 9.80 Å². The Morgan fingerprint density at radius 1 is 0.500 bits per heavy atom. The highest BCUT2D eigenvalue weighted by molar-refractivity contribution is 5.76. The fourth-order valence-electron chi connectivity index (χ4n) is 3.12. The molecule has 2 rings (SSSR count). The summed E-state index contributed by atoms with van der Waals surface area (Å²) in [6.07, 6.45) is 13.3. The third-order valence-electron chi connectivity index (χ3n) is 4.31. The van der Waals surface area contributed by atoms with Gasteiger partial charge in [-0.15, -0.1) is 0 Å². The molecule has 2 saturated heterocycles. The number of hydrogen-bond donors (Lipinski definition) is 1. The van der Waals surface area contributed by atoms with E-state index < -0.39 is 0 Å². The number of hydrogen-bond acceptors (Lipinski definition) is 1. The van der Waals surface area contributed by atoms with Crippen molar-refractivity contribution in [3.05, 3.63) is 0 Å². The molecule has 0 aromatic rings. The first-order valence-electron chi connectivity index (χ1n) is 7.96. The minimum Gasteiger partial charge on any atom is -0.343 e. The fourth-order valence-corrected chi connectivity index (χ4v) is 3.12. The van der Waals surface area contributed by atoms with Crippen molar-refractivity contribution in [1.29, 1.82) is 5.41 Å². The quantitative estimate of drug-likeness (QED) is 0.528. The molecule has 1 N–H and O–H groups in total. The Balaban J connectivity index is 1.86. The van der Waals surface area contributed by atoms with Crippen LogP contribution in [0, 0.1) is 5.41 Å². The van der Waals surface area contributed by atoms with Crippen molar-refractivity contribution in [1.82, 2.24) is 9.80 Å². The summed E-state index contributed by atoms with van der Waals surface area (Å²) in [5.74, 6) is 0.818. The predicted molar refractivity (Wildman–Crippen MR) is 77.0 cm³/mol. The Labute approximate surface area is 112 Å². The largest absolute Gasteiger partial charge is 0.343 e. The van der Waals surface area contributed by atoms with E-state index in [1.807, 2.05) is 0 Å². The minimum absolute atomic E-state index is 0.818. The summed E-state index contributed by atoms with van der Waals surface area (Å²) in [5.41, 5.74) is 0. The van der Waals surface area contributed by atoms with E-state index in [0.717, 1.165) is 32.1 Å². The summed E-state index contributed by atoms with van der Waals surface area (Å²) in [6, 6.07) is 0. The highest BCUT2D eigenvalue weighted by Crippen LogP contribution is 2.15. The van der Waals surface area contributed by atoms with Gasteiger partial charge in [0.2, 0.25) is 0 Å². The summed E-state index contributed by atoms with van der Waals surface area (Å²) in [4.78, 5) is 4.67. The first-order valence-corrected chi connectivity index (χ1v) is 7.96. The molecule has 2 aliphatic rings. The monoisotopic (exact) mass is 251 g/mol. The lowest BCUT2D eigenvalue weighted by molar-refractivity contribution is 0.275. The molecule has 0 bridgehead atoms. The van der Waals surface area contributed by atoms with Crippen molar-refractivity contribution in [3.8, 4) is 0 Å². The van der Waals surface area contributed by atoms with Crippen molar-refractivity contribution in [3.63, 3.8) is 0 Å². The molecule has 0 spiro atoms. The van der Waals surface area contributed by atoms with Gasteiger partial charge in [-0.1, -0.05) is 38.5 Å². The van der Waals surface area contributed by atoms with E-state index in [1.165, 1.54) is 64.2 Å². The van der Waals surface area contributed by atoms with Gasteiger partial charge in [0.15, 0.2) is 5.96 Å². The molecule has 18 heavy (non-hydrogen) atoms. The summed E-state index contributed by atoms with van der Waals surface area (Å²) in [6.45, 7) is 4.43. The van der Waals surface area contributed by atoms with E-state index in [9.17, 15) is 0 Å². The van der Waals surface area contributed by atoms with Gasteiger partial charge in [0.25, 0.3) is 0 Å². The van der Waals surface area contributed by atoms with E-state index in [-0.39, 0.29) is 0 Å². The second-order valence-corrected chi connectivity index (χ2v) is 5.83. The third kappa shape index (κ3) is 4.18. The van der Waals surface area contributed by atoms with Gasteiger partial charge in [-0.05, 0) is 25.7 Å². The van der Waals surface area contributed by atoms with Crippen LogP contribution < -0.4 is 0 Å². The zero-order valence-corrected chi connectivity index (χ0v) is 11.8. The Morgan fingerprint density at radius 2 is 0.778 bits per heavy atom. The van der Waals surface area contributed by atoms with Crippen LogP contribution in [0.5, 0.6) is 0 Å². The molecule has 0 aromatic carbocycles. The maximum atomic E-state index is 8.47. The van der Waals surface area contributed by atoms with Crippen molar-refractivity contribution in [2.24, 2.45) is 0 Å². The summed E-state index contributed by atoms with van der Waals surface area (Å²) in [5, 5.41) is 8.47. The van der Waals surface area contributed by atoms with Gasteiger partial charge in [0, 0.05) is 26.2 Å². The highest BCUT2D eigenvalue weighted by Gasteiger charge is 2.18. The predicted octanol–water partition coefficient (Wildman–Crippen LogP) is 3.45. The van der Waals surface area contributed by atoms with Crippen LogP contribution in [0.1, 0.15) is 64.2 Å². The number of nitrogens with zero attached hydrogens (tertiary/aromatic N) is 2. The van der Waals surface area contributed by atoms with Gasteiger partial charge in [-0.3, -0.25) is 5.41 Å². The summed E-state index contributed by atoms with van der Waals surface area (Å²) in [7, 11) is 0. The Kier molecular flexibility index (Phi) is 5.82. The molecule has 104 valence electrons. The molecule has 0 radical (unpaired) electrons. The van der Waals surface area contributed by atoms with E-state index in [4.69, 9.17) is 5.41 Å². The van der Waals surface area contributed by atoms with Crippen LogP contribution in [-0.4, -0.2) is 41.9 Å². The van der Waals surface area contributed by atoms with Crippen molar-refractivity contribution in [2.75, 3.05) is 26.2 Å². The van der Waals surface area contributed by atoms with Crippen molar-refractivity contribution < 1.29 is 0 Å². The van der Waals surface area contributed by atoms with Crippen LogP contribution in [0.25, 0.3) is 0 Å². The average Bonchev–Trinajstić information content (AvgIpc) is 2.27. The second kappa shape index (κ2) is 7.65. The number of likely N-dealkylation sites (tertiary alicyclic amines) is 2. The lowest BCUT2D eigenvalue weighted by Crippen LogP contribution is -2.46. The Morgan fingerprint density at radius 3 is 1.11 bits per heavy atom. The smallest absolute Gasteiger partial charge is 0.193 e. The van der Waals surface area contributed by atoms with Crippen LogP contribution in [0.3, 0.4) is 0 Å². The molecule has 0 amide bonds. The Bertz CT molecular complexity index is 212. The first-order chi connectivity index (χ1) is 8.88. The normalized spacial score (nSPS) is 23.8. The summed E-state index contributed by atoms with van der Waals surface area (Å²) < 4.78 is 0. The molecule has 2 fully saturated rings. The molecule has 0 saturated carbocycles. The van der Waals surface area contributed by atoms with E-state index in [1.54, 1.807) is 0 Å². The van der Waals surface area contributed by atoms with Crippen LogP contribution in [0.4, 0.5) is 0 Å². The first kappa shape index (κ1) is 13.7. The van der Waals surface area contributed by atoms with E-state index >= 15 is 0 Å². The molecule has 3 nitrogen and oxygen atoms in total. The third-order valence-corrected chi connectivity index (χ3v) is 4.31. The maximum absolute atomic E-state index is 8.47. The van der Waals surface area contributed by atoms with Gasteiger partial charge in [0.05, 0.1) is 0 Å². The van der Waals surface area contributed by atoms with Crippen LogP contribution in [-0.2, 0) is 0 Å². The number of rotatable bonds is 0. The molecule has 0 aliphatic carbocycles.